The third kappa shape index (κ3) is 25.4. The van der Waals surface area contributed by atoms with E-state index in [2.05, 4.69) is 388 Å². The molecule has 0 amide bonds. The van der Waals surface area contributed by atoms with Gasteiger partial charge in [-0.25, -0.2) is 0 Å². The number of hydrogen-bond donors (Lipinski definition) is 0. The van der Waals surface area contributed by atoms with Crippen molar-refractivity contribution in [3.05, 3.63) is 447 Å². The van der Waals surface area contributed by atoms with E-state index in [0.29, 0.717) is 23.7 Å². The molecule has 0 saturated carbocycles. The number of rotatable bonds is 0. The molecule has 0 nitrogen and oxygen atoms in total. The maximum Gasteiger partial charge on any atom is 0.0352 e. The highest BCUT2D eigenvalue weighted by Crippen LogP contribution is 2.53. The molecule has 0 aromatic heterocycles. The second kappa shape index (κ2) is 64.2. The van der Waals surface area contributed by atoms with Crippen LogP contribution in [0.15, 0.2) is 414 Å². The minimum Gasteiger partial charge on any atom is -0.0683 e. The van der Waals surface area contributed by atoms with E-state index in [1.807, 2.05) is 249 Å². The molecule has 28 rings (SSSR count). The van der Waals surface area contributed by atoms with Gasteiger partial charge in [0.2, 0.25) is 0 Å². The molecule has 0 spiro atoms. The van der Waals surface area contributed by atoms with E-state index < -0.39 is 0 Å². The molecule has 0 N–H and O–H groups in total. The Balaban J connectivity index is 0.000000288. The summed E-state index contributed by atoms with van der Waals surface area (Å²) >= 11 is 0. The molecule has 11 aliphatic carbocycles. The lowest BCUT2D eigenvalue weighted by Gasteiger charge is -2.41. The van der Waals surface area contributed by atoms with Crippen molar-refractivity contribution in [2.24, 2.45) is 17.8 Å². The summed E-state index contributed by atoms with van der Waals surface area (Å²) in [4.78, 5) is 0. The summed E-state index contributed by atoms with van der Waals surface area (Å²) in [6.45, 7) is 72.0. The van der Waals surface area contributed by atoms with Crippen molar-refractivity contribution in [1.29, 1.82) is 0 Å². The summed E-state index contributed by atoms with van der Waals surface area (Å²) in [6, 6.07) is 88.4. The molecule has 0 heterocycles. The first kappa shape index (κ1) is 121. The van der Waals surface area contributed by atoms with E-state index in [-0.39, 0.29) is 0 Å². The summed E-state index contributed by atoms with van der Waals surface area (Å²) in [5.74, 6) is 1.87. The molecule has 0 radical (unpaired) electrons. The third-order valence-electron chi connectivity index (χ3n) is 24.6. The minimum atomic E-state index is 0.448. The second-order valence-corrected chi connectivity index (χ2v) is 30.4. The van der Waals surface area contributed by atoms with Gasteiger partial charge >= 0.3 is 0 Å². The average molecular weight is 1910 g/mol. The van der Waals surface area contributed by atoms with Gasteiger partial charge in [-0.3, -0.25) is 0 Å². The van der Waals surface area contributed by atoms with Gasteiger partial charge < -0.3 is 0 Å². The summed E-state index contributed by atoms with van der Waals surface area (Å²) in [5, 5.41) is 35.8. The van der Waals surface area contributed by atoms with Gasteiger partial charge in [-0.05, 0) is 230 Å². The van der Waals surface area contributed by atoms with Crippen molar-refractivity contribution in [2.75, 3.05) is 0 Å². The number of hydrogen-bond acceptors (Lipinski definition) is 0. The Morgan fingerprint density at radius 1 is 0.146 bits per heavy atom. The maximum absolute atomic E-state index is 2.41. The van der Waals surface area contributed by atoms with Gasteiger partial charge in [-0.2, -0.15) is 0 Å². The molecule has 752 valence electrons. The molecule has 144 heavy (non-hydrogen) atoms. The normalized spacial score (nSPS) is 14.5. The SMILES string of the molecule is C1=CC2=CC3=CC=CC4=Cc5cccc6c5=C(C2C(=C1)C=6)C34.C1=CC2=CC=CC3=CC=CC(=C1)C23.C1=CC2=Cc3cccc4ccc5c(c34)C2C(=C1)C=C5.CC.CC.CC.CC.CC.CC.CC.CC.CC.CC.CC.CC.CC.CC.CC.CC.CC.CC.c1cc2ccc3ccc4ccc5ccc6ccc1c1c2c3c4c5c61.c1cc2ccc3cccc4ccc(c1)c2c34.c1ccc2cc3ccccc3cc2c1. The Morgan fingerprint density at radius 3 is 0.715 bits per heavy atom. The van der Waals surface area contributed by atoms with Crippen molar-refractivity contribution in [3.63, 3.8) is 0 Å². The van der Waals surface area contributed by atoms with E-state index in [4.69, 9.17) is 0 Å². The fraction of sp³-hybridized carbons (Fsp3) is 0.278. The maximum atomic E-state index is 2.41. The van der Waals surface area contributed by atoms with Crippen LogP contribution in [0, 0.1) is 17.8 Å². The topological polar surface area (TPSA) is 0 Å². The Kier molecular flexibility index (Phi) is 53.9. The first-order valence-corrected chi connectivity index (χ1v) is 56.1. The first-order chi connectivity index (χ1) is 71.5. The second-order valence-electron chi connectivity index (χ2n) is 30.4. The predicted molar refractivity (Wildman–Crippen MR) is 668 cm³/mol. The average Bonchev–Trinajstić information content (AvgIpc) is 0.684. The van der Waals surface area contributed by atoms with E-state index in [0.717, 1.165) is 0 Å². The highest BCUT2D eigenvalue weighted by molar-refractivity contribution is 6.44. The smallest absolute Gasteiger partial charge is 0.0352 e. The minimum absolute atomic E-state index is 0.448. The Hall–Kier alpha value is -13.5. The summed E-state index contributed by atoms with van der Waals surface area (Å²) in [6.07, 6.45) is 53.9. The molecular weight excluding hydrogens is 1730 g/mol. The van der Waals surface area contributed by atoms with Crippen LogP contribution in [0.4, 0.5) is 0 Å². The van der Waals surface area contributed by atoms with Gasteiger partial charge in [0.1, 0.15) is 0 Å². The Bertz CT molecular complexity index is 6820. The van der Waals surface area contributed by atoms with Crippen LogP contribution in [0.5, 0.6) is 0 Å². The van der Waals surface area contributed by atoms with Crippen LogP contribution in [0.1, 0.15) is 277 Å². The van der Waals surface area contributed by atoms with Crippen molar-refractivity contribution < 1.29 is 0 Å². The molecule has 0 saturated heterocycles. The number of allylic oxidation sites excluding steroid dienone is 29. The molecular formula is C144H176. The van der Waals surface area contributed by atoms with Gasteiger partial charge in [-0.15, -0.1) is 0 Å². The highest BCUT2D eigenvalue weighted by atomic mass is 14.4. The summed E-state index contributed by atoms with van der Waals surface area (Å²) < 4.78 is 0. The van der Waals surface area contributed by atoms with Crippen LogP contribution in [0.2, 0.25) is 0 Å². The van der Waals surface area contributed by atoms with Gasteiger partial charge in [0.25, 0.3) is 0 Å². The van der Waals surface area contributed by atoms with Gasteiger partial charge in [-0.1, -0.05) is 626 Å². The van der Waals surface area contributed by atoms with Crippen LogP contribution in [-0.4, -0.2) is 0 Å². The van der Waals surface area contributed by atoms with Crippen LogP contribution in [-0.2, 0) is 0 Å². The fourth-order valence-corrected chi connectivity index (χ4v) is 20.0. The molecule has 17 aromatic rings. The molecule has 0 aliphatic heterocycles. The lowest BCUT2D eigenvalue weighted by Crippen LogP contribution is -2.42. The zero-order valence-corrected chi connectivity index (χ0v) is 95.3. The molecule has 17 aromatic carbocycles. The van der Waals surface area contributed by atoms with Gasteiger partial charge in [0.05, 0.1) is 0 Å². The molecule has 0 heteroatoms. The summed E-state index contributed by atoms with van der Waals surface area (Å²) in [7, 11) is 0. The third-order valence-corrected chi connectivity index (χ3v) is 24.6. The lowest BCUT2D eigenvalue weighted by molar-refractivity contribution is 0.788. The zero-order chi connectivity index (χ0) is 107. The highest BCUT2D eigenvalue weighted by Gasteiger charge is 2.40. The molecule has 11 aliphatic rings. The lowest BCUT2D eigenvalue weighted by atomic mass is 9.62. The van der Waals surface area contributed by atoms with E-state index in [1.54, 1.807) is 5.57 Å². The van der Waals surface area contributed by atoms with Gasteiger partial charge in [0.15, 0.2) is 0 Å². The van der Waals surface area contributed by atoms with Crippen molar-refractivity contribution in [3.8, 4) is 0 Å². The van der Waals surface area contributed by atoms with E-state index in [1.165, 1.54) is 212 Å². The number of benzene rings is 17. The monoisotopic (exact) mass is 1910 g/mol. The zero-order valence-electron chi connectivity index (χ0n) is 95.3. The van der Waals surface area contributed by atoms with Crippen molar-refractivity contribution >= 4 is 159 Å². The van der Waals surface area contributed by atoms with E-state index >= 15 is 0 Å². The molecule has 3 unspecified atom stereocenters. The largest absolute Gasteiger partial charge is 0.0683 e. The predicted octanol–water partition coefficient (Wildman–Crippen LogP) is 45.1. The van der Waals surface area contributed by atoms with Crippen LogP contribution < -0.4 is 10.4 Å². The standard InChI is InChI=1S/C24H12.C22H14.C19H12.C16H10.C14H10.C13H10.18C2H6/c1-2-14-5-6-16-9-11-18-12-10-17-8-7-15-4-3-13(1)19-20(14)22(16)24(18)23(17)21(15)19;1-4-13-10-15-6-2-8-17-12-18-9-3-7-16-11-14(5-1)19(13)22(20(15)17)21(16)18;1-3-12-7-9-14-10-8-13-4-2-6-16-11-15(5-1)17(12)19(14)18(13)16;1-3-11-7-9-13-5-2-6-14-10-8-12(4-1)15(11)16(13)14;1-2-6-12-10-14-8-4-3-7-13(14)9-11(12)5-1;1-4-10-6-2-8-12-9-3-7-11(5-1)13(10)12;18*1-2/h1-12H;1-12,19-20H;1-11,17H;1-10H;1-10H;1-9,13H;18*1-2H3. The number of fused-ring (bicyclic) bond motifs is 2. The van der Waals surface area contributed by atoms with Crippen LogP contribution in [0.3, 0.4) is 0 Å². The molecule has 0 bridgehead atoms. The van der Waals surface area contributed by atoms with Crippen LogP contribution in [0.25, 0.3) is 159 Å². The molecule has 0 fully saturated rings. The van der Waals surface area contributed by atoms with Crippen molar-refractivity contribution in [2.45, 2.75) is 255 Å². The molecule has 3 atom stereocenters. The quantitative estimate of drug-likeness (QED) is 0.105. The van der Waals surface area contributed by atoms with Gasteiger partial charge in [0, 0.05) is 23.7 Å². The van der Waals surface area contributed by atoms with E-state index in [9.17, 15) is 0 Å². The summed E-state index contributed by atoms with van der Waals surface area (Å²) in [5.41, 5.74) is 20.1. The Morgan fingerprint density at radius 2 is 0.382 bits per heavy atom. The van der Waals surface area contributed by atoms with Crippen LogP contribution >= 0.6 is 0 Å². The Labute approximate surface area is 872 Å². The fourth-order valence-electron chi connectivity index (χ4n) is 20.0. The first-order valence-electron chi connectivity index (χ1n) is 56.1. The van der Waals surface area contributed by atoms with Crippen molar-refractivity contribution in [1.82, 2.24) is 0 Å².